The monoisotopic (exact) mass is 295 g/mol. The molecule has 0 fully saturated rings. The summed E-state index contributed by atoms with van der Waals surface area (Å²) < 4.78 is 29.7. The van der Waals surface area contributed by atoms with Crippen LogP contribution in [0.3, 0.4) is 0 Å². The van der Waals surface area contributed by atoms with Gasteiger partial charge in [-0.2, -0.15) is 13.8 Å². The van der Waals surface area contributed by atoms with Crippen molar-refractivity contribution in [3.05, 3.63) is 35.7 Å². The molecule has 1 aromatic carbocycles. The lowest BCUT2D eigenvalue weighted by atomic mass is 10.1. The molecule has 2 rings (SSSR count). The van der Waals surface area contributed by atoms with Gasteiger partial charge in [0.15, 0.2) is 0 Å². The Labute approximate surface area is 113 Å². The van der Waals surface area contributed by atoms with Gasteiger partial charge in [-0.25, -0.2) is 0 Å². The van der Waals surface area contributed by atoms with Gasteiger partial charge in [0, 0.05) is 11.1 Å². The molecule has 1 heterocycles. The molecule has 4 nitrogen and oxygen atoms in total. The second-order valence-electron chi connectivity index (χ2n) is 3.37. The van der Waals surface area contributed by atoms with Crippen LogP contribution in [-0.2, 0) is 11.9 Å². The SMILES string of the molecule is [Cl-].[NH3+]Cc1ccc(-c2noc(C(F)(F)Cl)n2)cc1. The number of alkyl halides is 3. The second kappa shape index (κ2) is 5.60. The smallest absolute Gasteiger partial charge is 0.400 e. The predicted octanol–water partition coefficient (Wildman–Crippen LogP) is -1.23. The van der Waals surface area contributed by atoms with E-state index in [-0.39, 0.29) is 18.2 Å². The minimum absolute atomic E-state index is 0. The lowest BCUT2D eigenvalue weighted by molar-refractivity contribution is -0.386. The third kappa shape index (κ3) is 3.16. The van der Waals surface area contributed by atoms with Crippen molar-refractivity contribution in [1.29, 1.82) is 0 Å². The van der Waals surface area contributed by atoms with Gasteiger partial charge in [0.25, 0.3) is 0 Å². The maximum absolute atomic E-state index is 12.7. The van der Waals surface area contributed by atoms with Crippen LogP contribution in [0, 0.1) is 0 Å². The van der Waals surface area contributed by atoms with E-state index >= 15 is 0 Å². The topological polar surface area (TPSA) is 66.6 Å². The van der Waals surface area contributed by atoms with Gasteiger partial charge in [-0.05, 0) is 11.6 Å². The lowest BCUT2D eigenvalue weighted by Crippen LogP contribution is -3.00. The van der Waals surface area contributed by atoms with E-state index in [9.17, 15) is 8.78 Å². The first-order valence-electron chi connectivity index (χ1n) is 4.80. The highest BCUT2D eigenvalue weighted by molar-refractivity contribution is 6.21. The molecule has 0 aliphatic carbocycles. The highest BCUT2D eigenvalue weighted by Crippen LogP contribution is 2.32. The summed E-state index contributed by atoms with van der Waals surface area (Å²) >= 11 is 4.77. The average molecular weight is 296 g/mol. The van der Waals surface area contributed by atoms with Gasteiger partial charge >= 0.3 is 11.3 Å². The molecule has 2 aromatic rings. The van der Waals surface area contributed by atoms with Gasteiger partial charge in [0.05, 0.1) is 6.54 Å². The number of hydrogen-bond acceptors (Lipinski definition) is 3. The molecular weight excluding hydrogens is 287 g/mol. The largest absolute Gasteiger partial charge is 1.00 e. The summed E-state index contributed by atoms with van der Waals surface area (Å²) in [4.78, 5) is 3.53. The molecule has 18 heavy (non-hydrogen) atoms. The summed E-state index contributed by atoms with van der Waals surface area (Å²) in [7, 11) is 0. The quantitative estimate of drug-likeness (QED) is 0.721. The Hall–Kier alpha value is -1.24. The van der Waals surface area contributed by atoms with Crippen LogP contribution >= 0.6 is 11.6 Å². The molecule has 0 aliphatic rings. The Bertz CT molecular complexity index is 511. The number of benzene rings is 1. The summed E-state index contributed by atoms with van der Waals surface area (Å²) in [5, 5.41) is -0.198. The normalized spacial score (nSPS) is 11.1. The van der Waals surface area contributed by atoms with Crippen molar-refractivity contribution in [2.75, 3.05) is 0 Å². The van der Waals surface area contributed by atoms with Crippen LogP contribution in [-0.4, -0.2) is 10.1 Å². The van der Waals surface area contributed by atoms with Crippen LogP contribution in [0.5, 0.6) is 0 Å². The van der Waals surface area contributed by atoms with Crippen LogP contribution in [0.2, 0.25) is 0 Å². The summed E-state index contributed by atoms with van der Waals surface area (Å²) in [5.41, 5.74) is 5.34. The van der Waals surface area contributed by atoms with Crippen molar-refractivity contribution >= 4 is 11.6 Å². The molecule has 8 heteroatoms. The van der Waals surface area contributed by atoms with E-state index in [0.717, 1.165) is 5.56 Å². The van der Waals surface area contributed by atoms with Crippen molar-refractivity contribution in [2.45, 2.75) is 11.9 Å². The van der Waals surface area contributed by atoms with Crippen molar-refractivity contribution in [1.82, 2.24) is 10.1 Å². The highest BCUT2D eigenvalue weighted by atomic mass is 35.5. The molecular formula is C10H9Cl2F2N3O. The number of hydrogen-bond donors (Lipinski definition) is 1. The van der Waals surface area contributed by atoms with E-state index in [1.807, 2.05) is 12.1 Å². The lowest BCUT2D eigenvalue weighted by Gasteiger charge is -1.98. The van der Waals surface area contributed by atoms with Gasteiger partial charge in [-0.1, -0.05) is 29.4 Å². The maximum Gasteiger partial charge on any atom is 0.400 e. The molecule has 0 spiro atoms. The van der Waals surface area contributed by atoms with Gasteiger partial charge in [0.2, 0.25) is 5.82 Å². The molecule has 0 atom stereocenters. The Morgan fingerprint density at radius 1 is 1.28 bits per heavy atom. The van der Waals surface area contributed by atoms with E-state index in [2.05, 4.69) is 20.4 Å². The van der Waals surface area contributed by atoms with Gasteiger partial charge in [-0.3, -0.25) is 0 Å². The zero-order valence-electron chi connectivity index (χ0n) is 9.04. The fourth-order valence-corrected chi connectivity index (χ4v) is 1.35. The molecule has 0 amide bonds. The first kappa shape index (κ1) is 14.8. The number of rotatable bonds is 3. The third-order valence-electron chi connectivity index (χ3n) is 2.17. The molecule has 0 radical (unpaired) electrons. The predicted molar refractivity (Wildman–Crippen MR) is 56.1 cm³/mol. The molecule has 1 aromatic heterocycles. The first-order chi connectivity index (χ1) is 8.00. The fraction of sp³-hybridized carbons (Fsp3) is 0.200. The summed E-state index contributed by atoms with van der Waals surface area (Å²) in [6, 6.07) is 7.05. The van der Waals surface area contributed by atoms with Crippen LogP contribution in [0.1, 0.15) is 11.5 Å². The minimum Gasteiger partial charge on any atom is -1.00 e. The van der Waals surface area contributed by atoms with E-state index in [1.165, 1.54) is 0 Å². The zero-order chi connectivity index (χ0) is 12.5. The van der Waals surface area contributed by atoms with E-state index < -0.39 is 11.3 Å². The Kier molecular flexibility index (Phi) is 4.61. The maximum atomic E-state index is 12.7. The summed E-state index contributed by atoms with van der Waals surface area (Å²) in [5.74, 6) is -0.827. The Morgan fingerprint density at radius 3 is 2.33 bits per heavy atom. The highest BCUT2D eigenvalue weighted by Gasteiger charge is 2.35. The van der Waals surface area contributed by atoms with Crippen molar-refractivity contribution in [3.63, 3.8) is 0 Å². The number of halogens is 4. The Balaban J connectivity index is 0.00000162. The molecule has 0 saturated carbocycles. The van der Waals surface area contributed by atoms with Crippen LogP contribution < -0.4 is 18.1 Å². The summed E-state index contributed by atoms with van der Waals surface area (Å²) in [6.07, 6.45) is 0. The van der Waals surface area contributed by atoms with Crippen LogP contribution in [0.25, 0.3) is 11.4 Å². The third-order valence-corrected chi connectivity index (χ3v) is 2.33. The first-order valence-corrected chi connectivity index (χ1v) is 5.18. The van der Waals surface area contributed by atoms with Gasteiger partial charge in [-0.15, -0.1) is 0 Å². The molecule has 0 bridgehead atoms. The standard InChI is InChI=1S/C10H8ClF2N3O.ClH/c11-10(12,13)9-15-8(16-17-9)7-3-1-6(5-14)2-4-7;/h1-4H,5,14H2;1H. The van der Waals surface area contributed by atoms with Crippen LogP contribution in [0.4, 0.5) is 8.78 Å². The van der Waals surface area contributed by atoms with Crippen LogP contribution in [0.15, 0.2) is 28.8 Å². The van der Waals surface area contributed by atoms with Crippen molar-refractivity contribution in [2.24, 2.45) is 0 Å². The van der Waals surface area contributed by atoms with Gasteiger partial charge in [0.1, 0.15) is 0 Å². The van der Waals surface area contributed by atoms with Crippen molar-refractivity contribution in [3.8, 4) is 11.4 Å². The van der Waals surface area contributed by atoms with Gasteiger partial charge < -0.3 is 22.7 Å². The summed E-state index contributed by atoms with van der Waals surface area (Å²) in [6.45, 7) is 0.650. The number of quaternary nitrogens is 1. The van der Waals surface area contributed by atoms with E-state index in [1.54, 1.807) is 12.1 Å². The number of aromatic nitrogens is 2. The Morgan fingerprint density at radius 2 is 1.89 bits per heavy atom. The minimum atomic E-state index is -3.64. The van der Waals surface area contributed by atoms with E-state index in [4.69, 9.17) is 11.6 Å². The second-order valence-corrected chi connectivity index (χ2v) is 3.84. The zero-order valence-corrected chi connectivity index (χ0v) is 10.6. The van der Waals surface area contributed by atoms with Crippen molar-refractivity contribution < 1.29 is 31.4 Å². The average Bonchev–Trinajstić information content (AvgIpc) is 2.78. The fourth-order valence-electron chi connectivity index (χ4n) is 1.28. The molecule has 0 saturated heterocycles. The molecule has 3 N–H and O–H groups in total. The number of nitrogens with zero attached hydrogens (tertiary/aromatic N) is 2. The molecule has 0 aliphatic heterocycles. The molecule has 98 valence electrons. The molecule has 0 unspecified atom stereocenters. The van der Waals surface area contributed by atoms with E-state index in [0.29, 0.717) is 12.1 Å².